The third-order valence-electron chi connectivity index (χ3n) is 8.52. The minimum absolute atomic E-state index is 0. The predicted octanol–water partition coefficient (Wildman–Crippen LogP) is 4.16. The van der Waals surface area contributed by atoms with E-state index in [0.29, 0.717) is 0 Å². The lowest BCUT2D eigenvalue weighted by Crippen LogP contribution is -3.00. The maximum absolute atomic E-state index is 2.52. The summed E-state index contributed by atoms with van der Waals surface area (Å²) >= 11 is 0. The van der Waals surface area contributed by atoms with Gasteiger partial charge in [-0.05, 0) is 25.7 Å². The zero-order valence-electron chi connectivity index (χ0n) is 26.9. The van der Waals surface area contributed by atoms with Crippen LogP contribution < -0.4 is 34.0 Å². The Bertz CT molecular complexity index is 440. The predicted molar refractivity (Wildman–Crippen MR) is 161 cm³/mol. The van der Waals surface area contributed by atoms with Gasteiger partial charge in [-0.15, -0.1) is 0 Å². The smallest absolute Gasteiger partial charge is 0.138 e. The van der Waals surface area contributed by atoms with E-state index in [1.807, 2.05) is 0 Å². The van der Waals surface area contributed by atoms with E-state index in [0.717, 1.165) is 6.04 Å². The highest BCUT2D eigenvalue weighted by Gasteiger charge is 2.33. The molecule has 0 radical (unpaired) electrons. The maximum atomic E-state index is 2.52. The number of likely N-dealkylation sites (N-methyl/N-ethyl adjacent to an activating group) is 2. The van der Waals surface area contributed by atoms with Crippen molar-refractivity contribution in [2.75, 3.05) is 47.8 Å². The molecule has 0 saturated carbocycles. The van der Waals surface area contributed by atoms with Crippen molar-refractivity contribution in [1.82, 2.24) is 0 Å². The van der Waals surface area contributed by atoms with E-state index >= 15 is 0 Å². The van der Waals surface area contributed by atoms with Gasteiger partial charge in [-0.25, -0.2) is 0 Å². The van der Waals surface area contributed by atoms with E-state index in [1.165, 1.54) is 170 Å². The van der Waals surface area contributed by atoms with Gasteiger partial charge in [0.05, 0.1) is 41.3 Å². The second-order valence-corrected chi connectivity index (χ2v) is 13.2. The zero-order chi connectivity index (χ0) is 26.3. The Hall–Kier alpha value is 0.880. The van der Waals surface area contributed by atoms with E-state index in [4.69, 9.17) is 0 Å². The summed E-state index contributed by atoms with van der Waals surface area (Å²) in [5.74, 6) is 0. The highest BCUT2D eigenvalue weighted by atomic mass is 79.9. The summed E-state index contributed by atoms with van der Waals surface area (Å²) in [4.78, 5) is 0. The molecule has 2 nitrogen and oxygen atoms in total. The first-order valence-electron chi connectivity index (χ1n) is 16.4. The summed E-state index contributed by atoms with van der Waals surface area (Å²) in [7, 11) is 10.0. The van der Waals surface area contributed by atoms with Gasteiger partial charge < -0.3 is 42.9 Å². The van der Waals surface area contributed by atoms with Crippen molar-refractivity contribution in [3.8, 4) is 0 Å². The Morgan fingerprint density at radius 3 is 1.08 bits per heavy atom. The van der Waals surface area contributed by atoms with Crippen LogP contribution in [-0.4, -0.2) is 62.8 Å². The molecule has 0 amide bonds. The number of rotatable bonds is 27. The van der Waals surface area contributed by atoms with Crippen LogP contribution in [0.4, 0.5) is 0 Å². The van der Waals surface area contributed by atoms with Crippen LogP contribution >= 0.6 is 0 Å². The Kier molecular flexibility index (Phi) is 32.5. The molecule has 0 aliphatic carbocycles. The number of hydrogen-bond acceptors (Lipinski definition) is 0. The second-order valence-electron chi connectivity index (χ2n) is 13.2. The van der Waals surface area contributed by atoms with E-state index in [-0.39, 0.29) is 34.0 Å². The Balaban J connectivity index is -0.00000578. The van der Waals surface area contributed by atoms with Crippen LogP contribution in [0.1, 0.15) is 162 Å². The van der Waals surface area contributed by atoms with Crippen LogP contribution in [-0.2, 0) is 0 Å². The zero-order valence-corrected chi connectivity index (χ0v) is 30.1. The van der Waals surface area contributed by atoms with Crippen molar-refractivity contribution in [2.45, 2.75) is 168 Å². The average molecular weight is 657 g/mol. The molecule has 0 fully saturated rings. The Morgan fingerprint density at radius 1 is 0.405 bits per heavy atom. The minimum Gasteiger partial charge on any atom is -1.00 e. The quantitative estimate of drug-likeness (QED) is 0.0922. The van der Waals surface area contributed by atoms with Gasteiger partial charge in [0.1, 0.15) is 12.6 Å². The standard InChI is InChI=1S/C33H72N2.2BrH/c1-8-11-13-15-17-19-21-23-25-27-30-34(4,5)32-33(29-10-3)35(6,7)31-28-26-24-22-20-18-16-14-12-9-2;;/h33H,8-32H2,1-7H3;2*1H/q+2;;/p-2. The number of halogens is 2. The lowest BCUT2D eigenvalue weighted by Gasteiger charge is -2.42. The number of quaternary nitrogens is 2. The average Bonchev–Trinajstić information content (AvgIpc) is 2.81. The third-order valence-corrected chi connectivity index (χ3v) is 8.52. The minimum atomic E-state index is 0. The number of nitrogens with zero attached hydrogens (tertiary/aromatic N) is 2. The molecule has 0 aromatic rings. The van der Waals surface area contributed by atoms with E-state index in [9.17, 15) is 0 Å². The molecule has 0 aromatic carbocycles. The van der Waals surface area contributed by atoms with Crippen molar-refractivity contribution < 1.29 is 42.9 Å². The van der Waals surface area contributed by atoms with E-state index in [1.54, 1.807) is 0 Å². The SMILES string of the molecule is CCCCCCCCCCCC[N+](C)(C)CC(CCC)[N+](C)(C)CCCCCCCCCCCC.[Br-].[Br-]. The normalized spacial score (nSPS) is 12.7. The molecule has 0 aliphatic heterocycles. The summed E-state index contributed by atoms with van der Waals surface area (Å²) in [5, 5.41) is 0. The van der Waals surface area contributed by atoms with Crippen LogP contribution in [0, 0.1) is 0 Å². The largest absolute Gasteiger partial charge is 1.00 e. The molecule has 37 heavy (non-hydrogen) atoms. The molecule has 4 heteroatoms. The van der Waals surface area contributed by atoms with Crippen LogP contribution in [0.2, 0.25) is 0 Å². The molecule has 0 rings (SSSR count). The van der Waals surface area contributed by atoms with Crippen molar-refractivity contribution >= 4 is 0 Å². The van der Waals surface area contributed by atoms with Gasteiger partial charge >= 0.3 is 0 Å². The molecule has 0 heterocycles. The maximum Gasteiger partial charge on any atom is 0.138 e. The number of hydrogen-bond donors (Lipinski definition) is 0. The summed E-state index contributed by atoms with van der Waals surface area (Å²) in [5.41, 5.74) is 0. The van der Waals surface area contributed by atoms with Crippen LogP contribution in [0.3, 0.4) is 0 Å². The molecule has 228 valence electrons. The molecule has 0 saturated heterocycles. The fourth-order valence-electron chi connectivity index (χ4n) is 5.87. The van der Waals surface area contributed by atoms with Crippen LogP contribution in [0.5, 0.6) is 0 Å². The third kappa shape index (κ3) is 26.8. The fraction of sp³-hybridized carbons (Fsp3) is 1.00. The van der Waals surface area contributed by atoms with Crippen molar-refractivity contribution in [2.24, 2.45) is 0 Å². The van der Waals surface area contributed by atoms with Gasteiger partial charge in [0, 0.05) is 6.42 Å². The first-order chi connectivity index (χ1) is 16.8. The van der Waals surface area contributed by atoms with Gasteiger partial charge in [-0.1, -0.05) is 130 Å². The van der Waals surface area contributed by atoms with Gasteiger partial charge in [-0.2, -0.15) is 0 Å². The highest BCUT2D eigenvalue weighted by molar-refractivity contribution is 4.59. The summed E-state index contributed by atoms with van der Waals surface area (Å²) < 4.78 is 2.44. The van der Waals surface area contributed by atoms with Crippen LogP contribution in [0.15, 0.2) is 0 Å². The molecule has 1 atom stereocenters. The van der Waals surface area contributed by atoms with Gasteiger partial charge in [-0.3, -0.25) is 0 Å². The molecule has 0 aliphatic rings. The second kappa shape index (κ2) is 28.4. The fourth-order valence-corrected chi connectivity index (χ4v) is 5.87. The van der Waals surface area contributed by atoms with Crippen molar-refractivity contribution in [1.29, 1.82) is 0 Å². The topological polar surface area (TPSA) is 0 Å². The van der Waals surface area contributed by atoms with Crippen molar-refractivity contribution in [3.05, 3.63) is 0 Å². The Labute approximate surface area is 257 Å². The monoisotopic (exact) mass is 654 g/mol. The molecular weight excluding hydrogens is 584 g/mol. The van der Waals surface area contributed by atoms with Gasteiger partial charge in [0.2, 0.25) is 0 Å². The molecule has 1 unspecified atom stereocenters. The summed E-state index contributed by atoms with van der Waals surface area (Å²) in [6.07, 6.45) is 31.5. The molecule has 0 bridgehead atoms. The van der Waals surface area contributed by atoms with Crippen molar-refractivity contribution in [3.63, 3.8) is 0 Å². The van der Waals surface area contributed by atoms with Gasteiger partial charge in [0.15, 0.2) is 0 Å². The lowest BCUT2D eigenvalue weighted by molar-refractivity contribution is -0.965. The highest BCUT2D eigenvalue weighted by Crippen LogP contribution is 2.20. The van der Waals surface area contributed by atoms with E-state index < -0.39 is 0 Å². The van der Waals surface area contributed by atoms with Gasteiger partial charge in [0.25, 0.3) is 0 Å². The lowest BCUT2D eigenvalue weighted by atomic mass is 10.0. The molecule has 0 aromatic heterocycles. The van der Waals surface area contributed by atoms with Crippen LogP contribution in [0.25, 0.3) is 0 Å². The molecule has 0 spiro atoms. The summed E-state index contributed by atoms with van der Waals surface area (Å²) in [6.45, 7) is 11.1. The Morgan fingerprint density at radius 2 is 0.730 bits per heavy atom. The first-order valence-corrected chi connectivity index (χ1v) is 16.4. The summed E-state index contributed by atoms with van der Waals surface area (Å²) in [6, 6.07) is 0.802. The van der Waals surface area contributed by atoms with E-state index in [2.05, 4.69) is 49.0 Å². The first kappa shape index (κ1) is 42.3. The molecular formula is C33H72Br2N2. The number of unbranched alkanes of at least 4 members (excludes halogenated alkanes) is 18. The molecule has 0 N–H and O–H groups in total.